The van der Waals surface area contributed by atoms with Crippen molar-refractivity contribution in [2.24, 2.45) is 0 Å². The van der Waals surface area contributed by atoms with Crippen molar-refractivity contribution < 1.29 is 64.4 Å². The summed E-state index contributed by atoms with van der Waals surface area (Å²) in [4.78, 5) is 74.5. The summed E-state index contributed by atoms with van der Waals surface area (Å²) < 4.78 is 13.8. The molecule has 24 heteroatoms. The van der Waals surface area contributed by atoms with Crippen molar-refractivity contribution >= 4 is 118 Å². The molecule has 4 aliphatic rings. The molecule has 0 spiro atoms. The number of ether oxygens (including phenoxy) is 2. The molecule has 2 saturated heterocycles. The largest absolute Gasteiger partial charge is 0.0622 e. The summed E-state index contributed by atoms with van der Waals surface area (Å²) in [6.45, 7) is 5.35. The standard InChI is InChI=1S/C21H20N4O5.2C18H15P.C14H12BrN3O3.C7H9NO2.2ClH.Pd/c1-3-30-19(27)16-15-12-22-18(26)17(15)25(23-16)14-6-4-5-13(11-14)7-8-21(29)9-10-24(2)20(21)28;2*1-4-10-16(11-5-1)19(17-12-6-2-7-13-17)18-14-8-3-9-15-18;1-2-21-14(20)11-10-7-16-13(19)12(10)18(17-11)9-5-3-4-8(15)6-9;1-3-7(10)4-5-8(2)6(7)9;;;/h4-6,11,29H,3,9-10,12H2,1-2H3,(H,22,26);2*1-15H;3-6H,2,7H2,1H3,(H,16,19);1,10H,4-5H2,2H3;2*1H;/q;;;;;;;+2/p-2/t21-;;;;7-;;;/m1...0.../s1. The number of carbonyl (C=O) groups is 6. The van der Waals surface area contributed by atoms with Crippen LogP contribution < -0.4 is 42.5 Å². The van der Waals surface area contributed by atoms with Crippen LogP contribution in [0.15, 0.2) is 235 Å². The number of nitrogens with zero attached hydrogens (tertiary/aromatic N) is 6. The number of terminal acetylenes is 1. The number of benzene rings is 8. The molecule has 14 rings (SSSR count). The van der Waals surface area contributed by atoms with Gasteiger partial charge in [-0.1, -0.05) is 228 Å². The van der Waals surface area contributed by atoms with Gasteiger partial charge in [0, 0.05) is 74.3 Å². The first-order chi connectivity index (χ1) is 49.4. The van der Waals surface area contributed by atoms with Gasteiger partial charge in [0.25, 0.3) is 23.6 Å². The van der Waals surface area contributed by atoms with E-state index in [9.17, 15) is 39.0 Å². The van der Waals surface area contributed by atoms with Crippen LogP contribution in [0, 0.1) is 24.2 Å². The molecule has 0 aliphatic carbocycles. The average Bonchev–Trinajstić information content (AvgIpc) is 1.61. The quantitative estimate of drug-likeness (QED) is 0.0388. The Balaban J connectivity index is 0.000000151. The van der Waals surface area contributed by atoms with Gasteiger partial charge < -0.3 is 40.1 Å². The van der Waals surface area contributed by atoms with Gasteiger partial charge in [-0.05, 0) is 97.9 Å². The van der Waals surface area contributed by atoms with Gasteiger partial charge in [0.05, 0.1) is 24.6 Å². The first kappa shape index (κ1) is 76.8. The second kappa shape index (κ2) is 37.0. The zero-order valence-corrected chi connectivity index (χ0v) is 62.3. The fourth-order valence-electron chi connectivity index (χ4n) is 11.1. The minimum absolute atomic E-state index is 0.0931. The molecule has 4 N–H and O–H groups in total. The first-order valence-electron chi connectivity index (χ1n) is 32.1. The summed E-state index contributed by atoms with van der Waals surface area (Å²) in [5.74, 6) is 5.11. The number of aromatic nitrogens is 4. The smallest absolute Gasteiger partial charge is 0.0134 e. The Morgan fingerprint density at radius 3 is 1.18 bits per heavy atom. The van der Waals surface area contributed by atoms with E-state index in [4.69, 9.17) is 35.0 Å². The number of likely N-dealkylation sites (tertiary alicyclic amines) is 2. The van der Waals surface area contributed by atoms with Gasteiger partial charge >= 0.3 is 46.9 Å². The van der Waals surface area contributed by atoms with Crippen LogP contribution >= 0.6 is 50.8 Å². The summed E-state index contributed by atoms with van der Waals surface area (Å²) in [5, 5.41) is 42.1. The van der Waals surface area contributed by atoms with Crippen molar-refractivity contribution in [3.8, 4) is 35.6 Å². The van der Waals surface area contributed by atoms with Gasteiger partial charge in [-0.3, -0.25) is 19.2 Å². The number of esters is 2. The van der Waals surface area contributed by atoms with Crippen molar-refractivity contribution in [3.63, 3.8) is 0 Å². The van der Waals surface area contributed by atoms with Gasteiger partial charge in [-0.25, -0.2) is 19.0 Å². The minimum atomic E-state index is -1.70. The van der Waals surface area contributed by atoms with Gasteiger partial charge in [0.15, 0.2) is 11.4 Å². The number of rotatable bonds is 12. The molecule has 524 valence electrons. The second-order valence-corrected chi connectivity index (χ2v) is 30.5. The number of hydrogen-bond acceptors (Lipinski definition) is 12. The molecular formula is C78H71BrCl2N8O10P2Pd. The molecule has 2 aromatic heterocycles. The topological polar surface area (TPSA) is 228 Å². The Bertz CT molecular complexity index is 4360. The third kappa shape index (κ3) is 19.0. The van der Waals surface area contributed by atoms with Crippen LogP contribution in [0.3, 0.4) is 0 Å². The van der Waals surface area contributed by atoms with Crippen LogP contribution in [-0.2, 0) is 48.1 Å². The molecule has 102 heavy (non-hydrogen) atoms. The van der Waals surface area contributed by atoms with Crippen molar-refractivity contribution in [3.05, 3.63) is 274 Å². The van der Waals surface area contributed by atoms with Crippen molar-refractivity contribution in [2.45, 2.75) is 51.0 Å². The van der Waals surface area contributed by atoms with E-state index in [1.807, 2.05) is 24.3 Å². The van der Waals surface area contributed by atoms with Gasteiger partial charge in [-0.2, -0.15) is 10.2 Å². The molecule has 0 unspecified atom stereocenters. The zero-order chi connectivity index (χ0) is 72.8. The number of amides is 4. The third-order valence-corrected chi connectivity index (χ3v) is 21.5. The van der Waals surface area contributed by atoms with E-state index in [1.165, 1.54) is 51.0 Å². The number of aliphatic hydroxyl groups is 2. The monoisotopic (exact) mass is 1600 g/mol. The molecule has 0 bridgehead atoms. The minimum Gasteiger partial charge on any atom is -0.0622 e. The molecule has 4 aliphatic heterocycles. The summed E-state index contributed by atoms with van der Waals surface area (Å²) in [5.41, 5.74) is 0.543. The van der Waals surface area contributed by atoms with E-state index in [2.05, 4.69) is 237 Å². The van der Waals surface area contributed by atoms with Crippen molar-refractivity contribution in [1.29, 1.82) is 0 Å². The molecule has 0 radical (unpaired) electrons. The SMILES string of the molecule is C#C[C@]1(O)CCN(C)C1=O.CCOC(=O)c1nn(-c2cccc(Br)c2)c2c1CNC2=O.CCOC(=O)c1nn(-c2cccc(C#C[C@@]3(O)CCN(C)C3=O)c2)c2c1CNC2=O.[Cl][Pd][Cl].c1ccc(P(c2ccccc2)c2ccccc2)cc1.c1ccc(P(c2ccccc2)c2ccccc2)cc1. The predicted molar refractivity (Wildman–Crippen MR) is 401 cm³/mol. The van der Waals surface area contributed by atoms with Crippen molar-refractivity contribution in [2.75, 3.05) is 40.4 Å². The Morgan fingerprint density at radius 1 is 0.539 bits per heavy atom. The molecule has 6 heterocycles. The molecule has 2 fully saturated rings. The third-order valence-electron chi connectivity index (χ3n) is 16.1. The van der Waals surface area contributed by atoms with E-state index < -0.39 is 44.9 Å². The van der Waals surface area contributed by atoms with E-state index in [-0.39, 0.29) is 83.5 Å². The van der Waals surface area contributed by atoms with Gasteiger partial charge in [0.1, 0.15) is 11.4 Å². The van der Waals surface area contributed by atoms with Crippen molar-refractivity contribution in [1.82, 2.24) is 40.0 Å². The van der Waals surface area contributed by atoms with Crippen LogP contribution in [0.4, 0.5) is 0 Å². The Hall–Kier alpha value is -9.38. The van der Waals surface area contributed by atoms with E-state index in [0.29, 0.717) is 53.3 Å². The fraction of sp³-hybridized carbons (Fsp3) is 0.179. The number of hydrogen-bond donors (Lipinski definition) is 4. The molecule has 2 atom stereocenters. The summed E-state index contributed by atoms with van der Waals surface area (Å²) >= 11 is 3.28. The van der Waals surface area contributed by atoms with Gasteiger partial charge in [0.2, 0.25) is 11.2 Å². The molecular weight excluding hydrogens is 1530 g/mol. The Kier molecular flexibility index (Phi) is 27.9. The molecule has 0 saturated carbocycles. The van der Waals surface area contributed by atoms with Crippen LogP contribution in [0.1, 0.15) is 85.3 Å². The fourth-order valence-corrected chi connectivity index (χ4v) is 16.1. The van der Waals surface area contributed by atoms with Crippen LogP contribution in [-0.4, -0.2) is 127 Å². The molecule has 4 amide bonds. The predicted octanol–water partition coefficient (Wildman–Crippen LogP) is 9.77. The van der Waals surface area contributed by atoms with Crippen LogP contribution in [0.25, 0.3) is 11.4 Å². The maximum absolute atomic E-state index is 12.3. The molecule has 18 nitrogen and oxygen atoms in total. The molecule has 8 aromatic carbocycles. The van der Waals surface area contributed by atoms with E-state index >= 15 is 0 Å². The summed E-state index contributed by atoms with van der Waals surface area (Å²) in [6.07, 6.45) is 5.56. The maximum atomic E-state index is 12.3. The van der Waals surface area contributed by atoms with Crippen LogP contribution in [0.5, 0.6) is 0 Å². The second-order valence-electron chi connectivity index (χ2n) is 22.8. The number of halogens is 3. The van der Waals surface area contributed by atoms with E-state index in [0.717, 1.165) is 4.47 Å². The Labute approximate surface area is 619 Å². The maximum Gasteiger partial charge on any atom is -0.0134 e. The number of carbonyl (C=O) groups excluding carboxylic acids is 6. The summed E-state index contributed by atoms with van der Waals surface area (Å²) in [7, 11) is 12.0. The normalized spacial score (nSPS) is 15.9. The Morgan fingerprint density at radius 2 is 0.873 bits per heavy atom. The number of nitrogens with one attached hydrogen (secondary N) is 2. The van der Waals surface area contributed by atoms with Gasteiger partial charge in [-0.15, -0.1) is 6.42 Å². The van der Waals surface area contributed by atoms with E-state index in [1.54, 1.807) is 52.2 Å². The van der Waals surface area contributed by atoms with Crippen LogP contribution in [0.2, 0.25) is 0 Å². The molecule has 10 aromatic rings. The average molecular weight is 1600 g/mol. The zero-order valence-electron chi connectivity index (χ0n) is 55.9. The summed E-state index contributed by atoms with van der Waals surface area (Å²) in [6, 6.07) is 78.8. The first-order valence-corrected chi connectivity index (χ1v) is 39.6. The number of fused-ring (bicyclic) bond motifs is 2. The number of likely N-dealkylation sites (N-methyl/N-ethyl adjacent to an activating group) is 2.